The van der Waals surface area contributed by atoms with Crippen LogP contribution in [0.2, 0.25) is 0 Å². The lowest BCUT2D eigenvalue weighted by Gasteiger charge is -2.11. The highest BCUT2D eigenvalue weighted by molar-refractivity contribution is 5.97. The number of carbonyl (C=O) groups is 2. The van der Waals surface area contributed by atoms with Gasteiger partial charge >= 0.3 is 0 Å². The van der Waals surface area contributed by atoms with E-state index < -0.39 is 0 Å². The molecule has 1 unspecified atom stereocenters. The van der Waals surface area contributed by atoms with Gasteiger partial charge in [-0.05, 0) is 55.6 Å². The maximum Gasteiger partial charge on any atom is 0.251 e. The summed E-state index contributed by atoms with van der Waals surface area (Å²) in [4.78, 5) is 24.2. The first kappa shape index (κ1) is 19.9. The van der Waals surface area contributed by atoms with E-state index in [2.05, 4.69) is 16.0 Å². The van der Waals surface area contributed by atoms with Crippen LogP contribution in [0, 0.1) is 0 Å². The van der Waals surface area contributed by atoms with Crippen molar-refractivity contribution in [3.63, 3.8) is 0 Å². The van der Waals surface area contributed by atoms with Gasteiger partial charge in [-0.3, -0.25) is 9.59 Å². The lowest BCUT2D eigenvalue weighted by molar-refractivity contribution is -0.117. The van der Waals surface area contributed by atoms with E-state index in [-0.39, 0.29) is 30.3 Å². The predicted molar refractivity (Wildman–Crippen MR) is 106 cm³/mol. The standard InChI is InChI=1S/C20H23N3O2.ClH/c24-19(22-14-12-15-5-2-1-3-6-15)16-8-10-17(11-9-16)23-20(25)18-7-4-13-21-18;/h1-3,5-6,8-11,18,21H,4,7,12-14H2,(H,22,24)(H,23,25);1H. The Labute approximate surface area is 160 Å². The van der Waals surface area contributed by atoms with Gasteiger partial charge in [0.2, 0.25) is 5.91 Å². The van der Waals surface area contributed by atoms with Crippen molar-refractivity contribution in [1.82, 2.24) is 10.6 Å². The Morgan fingerprint density at radius 2 is 1.77 bits per heavy atom. The molecule has 1 aliphatic rings. The summed E-state index contributed by atoms with van der Waals surface area (Å²) in [7, 11) is 0. The van der Waals surface area contributed by atoms with Crippen molar-refractivity contribution in [2.75, 3.05) is 18.4 Å². The van der Waals surface area contributed by atoms with Crippen molar-refractivity contribution in [3.8, 4) is 0 Å². The van der Waals surface area contributed by atoms with Gasteiger partial charge in [0, 0.05) is 17.8 Å². The minimum atomic E-state index is -0.110. The molecule has 3 N–H and O–H groups in total. The minimum absolute atomic E-state index is 0. The van der Waals surface area contributed by atoms with Gasteiger partial charge in [-0.25, -0.2) is 0 Å². The summed E-state index contributed by atoms with van der Waals surface area (Å²) in [6, 6.07) is 16.9. The number of benzene rings is 2. The highest BCUT2D eigenvalue weighted by Crippen LogP contribution is 2.12. The minimum Gasteiger partial charge on any atom is -0.352 e. The smallest absolute Gasteiger partial charge is 0.251 e. The molecule has 1 atom stereocenters. The van der Waals surface area contributed by atoms with Gasteiger partial charge in [0.15, 0.2) is 0 Å². The average molecular weight is 374 g/mol. The number of amides is 2. The molecule has 5 nitrogen and oxygen atoms in total. The Morgan fingerprint density at radius 3 is 2.42 bits per heavy atom. The first-order valence-electron chi connectivity index (χ1n) is 8.69. The number of anilines is 1. The van der Waals surface area contributed by atoms with Crippen LogP contribution in [0.25, 0.3) is 0 Å². The van der Waals surface area contributed by atoms with E-state index in [0.29, 0.717) is 17.8 Å². The molecule has 138 valence electrons. The van der Waals surface area contributed by atoms with E-state index in [1.807, 2.05) is 30.3 Å². The zero-order valence-corrected chi connectivity index (χ0v) is 15.4. The number of halogens is 1. The zero-order valence-electron chi connectivity index (χ0n) is 14.5. The van der Waals surface area contributed by atoms with Crippen LogP contribution >= 0.6 is 12.4 Å². The summed E-state index contributed by atoms with van der Waals surface area (Å²) in [5, 5.41) is 8.96. The van der Waals surface area contributed by atoms with E-state index in [4.69, 9.17) is 0 Å². The van der Waals surface area contributed by atoms with Crippen LogP contribution < -0.4 is 16.0 Å². The lowest BCUT2D eigenvalue weighted by Crippen LogP contribution is -2.35. The maximum absolute atomic E-state index is 12.2. The van der Waals surface area contributed by atoms with Crippen LogP contribution in [-0.4, -0.2) is 30.9 Å². The van der Waals surface area contributed by atoms with Crippen LogP contribution in [0.1, 0.15) is 28.8 Å². The summed E-state index contributed by atoms with van der Waals surface area (Å²) in [5.41, 5.74) is 2.49. The lowest BCUT2D eigenvalue weighted by atomic mass is 10.1. The molecule has 2 aromatic rings. The molecule has 26 heavy (non-hydrogen) atoms. The molecule has 2 amide bonds. The fourth-order valence-electron chi connectivity index (χ4n) is 2.91. The first-order chi connectivity index (χ1) is 12.2. The van der Waals surface area contributed by atoms with Crippen LogP contribution in [0.15, 0.2) is 54.6 Å². The Morgan fingerprint density at radius 1 is 1.04 bits per heavy atom. The molecule has 0 saturated carbocycles. The average Bonchev–Trinajstić information content (AvgIpc) is 3.18. The Kier molecular flexibility index (Phi) is 7.63. The van der Waals surface area contributed by atoms with Gasteiger partial charge < -0.3 is 16.0 Å². The van der Waals surface area contributed by atoms with Crippen molar-refractivity contribution in [2.24, 2.45) is 0 Å². The predicted octanol–water partition coefficient (Wildman–Crippen LogP) is 2.77. The Bertz CT molecular complexity index is 714. The molecule has 2 aromatic carbocycles. The third kappa shape index (κ3) is 5.58. The second kappa shape index (κ2) is 9.94. The summed E-state index contributed by atoms with van der Waals surface area (Å²) in [6.45, 7) is 1.48. The van der Waals surface area contributed by atoms with Gasteiger partial charge in [-0.15, -0.1) is 12.4 Å². The normalized spacial score (nSPS) is 15.8. The highest BCUT2D eigenvalue weighted by atomic mass is 35.5. The third-order valence-electron chi connectivity index (χ3n) is 4.33. The molecule has 0 radical (unpaired) electrons. The molecule has 1 heterocycles. The number of hydrogen-bond acceptors (Lipinski definition) is 3. The van der Waals surface area contributed by atoms with E-state index in [9.17, 15) is 9.59 Å². The molecule has 0 bridgehead atoms. The second-order valence-corrected chi connectivity index (χ2v) is 6.21. The molecule has 6 heteroatoms. The molecule has 0 aromatic heterocycles. The fourth-order valence-corrected chi connectivity index (χ4v) is 2.91. The van der Waals surface area contributed by atoms with Gasteiger partial charge in [-0.2, -0.15) is 0 Å². The van der Waals surface area contributed by atoms with Crippen LogP contribution in [0.4, 0.5) is 5.69 Å². The van der Waals surface area contributed by atoms with Crippen LogP contribution in [-0.2, 0) is 11.2 Å². The number of hydrogen-bond donors (Lipinski definition) is 3. The van der Waals surface area contributed by atoms with E-state index in [1.165, 1.54) is 5.56 Å². The number of rotatable bonds is 6. The molecular formula is C20H24ClN3O2. The Balaban J connectivity index is 0.00000243. The molecule has 1 fully saturated rings. The zero-order chi connectivity index (χ0) is 17.5. The van der Waals surface area contributed by atoms with Crippen LogP contribution in [0.3, 0.4) is 0 Å². The van der Waals surface area contributed by atoms with Crippen molar-refractivity contribution >= 4 is 29.9 Å². The van der Waals surface area contributed by atoms with Crippen molar-refractivity contribution < 1.29 is 9.59 Å². The molecule has 0 spiro atoms. The van der Waals surface area contributed by atoms with Gasteiger partial charge in [0.25, 0.3) is 5.91 Å². The summed E-state index contributed by atoms with van der Waals surface area (Å²) < 4.78 is 0. The Hall–Kier alpha value is -2.37. The molecule has 3 rings (SSSR count). The van der Waals surface area contributed by atoms with E-state index in [1.54, 1.807) is 24.3 Å². The molecular weight excluding hydrogens is 350 g/mol. The monoisotopic (exact) mass is 373 g/mol. The molecule has 1 aliphatic heterocycles. The maximum atomic E-state index is 12.2. The highest BCUT2D eigenvalue weighted by Gasteiger charge is 2.21. The number of nitrogens with one attached hydrogen (secondary N) is 3. The van der Waals surface area contributed by atoms with E-state index in [0.717, 1.165) is 25.8 Å². The van der Waals surface area contributed by atoms with Crippen molar-refractivity contribution in [2.45, 2.75) is 25.3 Å². The third-order valence-corrected chi connectivity index (χ3v) is 4.33. The number of carbonyl (C=O) groups excluding carboxylic acids is 2. The van der Waals surface area contributed by atoms with Crippen molar-refractivity contribution in [1.29, 1.82) is 0 Å². The SMILES string of the molecule is Cl.O=C(NCCc1ccccc1)c1ccc(NC(=O)C2CCCN2)cc1. The fraction of sp³-hybridized carbons (Fsp3) is 0.300. The first-order valence-corrected chi connectivity index (χ1v) is 8.69. The quantitative estimate of drug-likeness (QED) is 0.729. The topological polar surface area (TPSA) is 70.2 Å². The van der Waals surface area contributed by atoms with E-state index >= 15 is 0 Å². The molecule has 0 aliphatic carbocycles. The largest absolute Gasteiger partial charge is 0.352 e. The summed E-state index contributed by atoms with van der Waals surface area (Å²) in [6.07, 6.45) is 2.70. The van der Waals surface area contributed by atoms with Crippen LogP contribution in [0.5, 0.6) is 0 Å². The van der Waals surface area contributed by atoms with Crippen molar-refractivity contribution in [3.05, 3.63) is 65.7 Å². The summed E-state index contributed by atoms with van der Waals surface area (Å²) in [5.74, 6) is -0.121. The summed E-state index contributed by atoms with van der Waals surface area (Å²) >= 11 is 0. The molecule has 1 saturated heterocycles. The van der Waals surface area contributed by atoms with Gasteiger partial charge in [0.1, 0.15) is 0 Å². The van der Waals surface area contributed by atoms with Gasteiger partial charge in [-0.1, -0.05) is 30.3 Å². The second-order valence-electron chi connectivity index (χ2n) is 6.21. The van der Waals surface area contributed by atoms with Gasteiger partial charge in [0.05, 0.1) is 6.04 Å².